The number of aryl methyl sites for hydroxylation is 1. The Labute approximate surface area is 76.2 Å². The fourth-order valence-corrected chi connectivity index (χ4v) is 0.903. The Kier molecular flexibility index (Phi) is 3.08. The van der Waals surface area contributed by atoms with Crippen LogP contribution >= 0.6 is 0 Å². The molecule has 2 amide bonds. The van der Waals surface area contributed by atoms with Crippen LogP contribution in [0.3, 0.4) is 0 Å². The normalized spacial score (nSPS) is 10.5. The Morgan fingerprint density at radius 3 is 3.15 bits per heavy atom. The molecule has 5 heteroatoms. The number of hydrazone groups is 1. The lowest BCUT2D eigenvalue weighted by atomic mass is 10.4. The van der Waals surface area contributed by atoms with E-state index in [4.69, 9.17) is 5.73 Å². The number of nitrogens with zero attached hydrogens (tertiary/aromatic N) is 2. The van der Waals surface area contributed by atoms with E-state index in [0.717, 1.165) is 12.1 Å². The smallest absolute Gasteiger partial charge is 0.332 e. The van der Waals surface area contributed by atoms with Crippen LogP contribution in [0.25, 0.3) is 0 Å². The van der Waals surface area contributed by atoms with Crippen LogP contribution in [0.15, 0.2) is 23.6 Å². The molecule has 0 unspecified atom stereocenters. The van der Waals surface area contributed by atoms with Crippen LogP contribution in [0.1, 0.15) is 12.5 Å². The molecule has 0 spiro atoms. The number of primary amides is 1. The van der Waals surface area contributed by atoms with Gasteiger partial charge in [0.05, 0.1) is 6.21 Å². The zero-order valence-electron chi connectivity index (χ0n) is 7.40. The number of urea groups is 1. The summed E-state index contributed by atoms with van der Waals surface area (Å²) >= 11 is 0. The number of amides is 2. The van der Waals surface area contributed by atoms with Crippen LogP contribution < -0.4 is 11.2 Å². The Bertz CT molecular complexity index is 316. The molecule has 0 atom stereocenters. The van der Waals surface area contributed by atoms with Crippen molar-refractivity contribution in [3.8, 4) is 0 Å². The Morgan fingerprint density at radius 1 is 1.85 bits per heavy atom. The molecule has 1 heterocycles. The molecule has 1 aromatic heterocycles. The van der Waals surface area contributed by atoms with Crippen LogP contribution in [0.5, 0.6) is 0 Å². The molecular weight excluding hydrogens is 168 g/mol. The molecule has 5 nitrogen and oxygen atoms in total. The standard InChI is InChI=1S/C8H12N4O/c1-2-12-4-3-7(6-12)5-10-11-8(9)13/h3-6H,2H2,1H3,(H3,9,11,13). The number of carbonyl (C=O) groups is 1. The number of nitrogens with one attached hydrogen (secondary N) is 1. The molecule has 70 valence electrons. The molecule has 1 aromatic rings. The van der Waals surface area contributed by atoms with Crippen LogP contribution in [-0.4, -0.2) is 16.8 Å². The maximum absolute atomic E-state index is 10.2. The Balaban J connectivity index is 2.53. The van der Waals surface area contributed by atoms with Crippen molar-refractivity contribution in [3.05, 3.63) is 24.0 Å². The van der Waals surface area contributed by atoms with Gasteiger partial charge in [-0.25, -0.2) is 10.2 Å². The predicted octanol–water partition coefficient (Wildman–Crippen LogP) is 0.510. The molecule has 0 aromatic carbocycles. The van der Waals surface area contributed by atoms with Crippen molar-refractivity contribution in [1.29, 1.82) is 0 Å². The minimum Gasteiger partial charge on any atom is -0.354 e. The molecule has 3 N–H and O–H groups in total. The quantitative estimate of drug-likeness (QED) is 0.516. The van der Waals surface area contributed by atoms with E-state index in [1.54, 1.807) is 0 Å². The molecule has 0 saturated carbocycles. The van der Waals surface area contributed by atoms with E-state index in [-0.39, 0.29) is 0 Å². The van der Waals surface area contributed by atoms with Crippen molar-refractivity contribution in [2.45, 2.75) is 13.5 Å². The van der Waals surface area contributed by atoms with Gasteiger partial charge >= 0.3 is 6.03 Å². The van der Waals surface area contributed by atoms with Gasteiger partial charge in [0.2, 0.25) is 0 Å². The van der Waals surface area contributed by atoms with Gasteiger partial charge in [-0.3, -0.25) is 0 Å². The van der Waals surface area contributed by atoms with E-state index < -0.39 is 6.03 Å². The summed E-state index contributed by atoms with van der Waals surface area (Å²) in [6.45, 7) is 2.96. The molecule has 0 aliphatic rings. The number of rotatable bonds is 3. The highest BCUT2D eigenvalue weighted by Gasteiger charge is 1.91. The second kappa shape index (κ2) is 4.30. The highest BCUT2D eigenvalue weighted by molar-refractivity contribution is 5.81. The first-order valence-corrected chi connectivity index (χ1v) is 3.96. The first-order valence-electron chi connectivity index (χ1n) is 3.96. The average molecular weight is 180 g/mol. The maximum Gasteiger partial charge on any atom is 0.332 e. The van der Waals surface area contributed by atoms with E-state index >= 15 is 0 Å². The predicted molar refractivity (Wildman–Crippen MR) is 50.4 cm³/mol. The van der Waals surface area contributed by atoms with Gasteiger partial charge < -0.3 is 10.3 Å². The first-order chi connectivity index (χ1) is 6.22. The molecule has 0 bridgehead atoms. The lowest BCUT2D eigenvalue weighted by molar-refractivity contribution is 0.249. The van der Waals surface area contributed by atoms with E-state index in [1.165, 1.54) is 6.21 Å². The summed E-state index contributed by atoms with van der Waals surface area (Å²) in [5.74, 6) is 0. The molecular formula is C8H12N4O. The number of aromatic nitrogens is 1. The number of nitrogens with two attached hydrogens (primary N) is 1. The minimum absolute atomic E-state index is 0.661. The number of carbonyl (C=O) groups excluding carboxylic acids is 1. The minimum atomic E-state index is -0.661. The van der Waals surface area contributed by atoms with Gasteiger partial charge in [-0.1, -0.05) is 0 Å². The van der Waals surface area contributed by atoms with Crippen molar-refractivity contribution in [2.75, 3.05) is 0 Å². The van der Waals surface area contributed by atoms with E-state index in [0.29, 0.717) is 0 Å². The molecule has 0 aliphatic heterocycles. The average Bonchev–Trinajstić information content (AvgIpc) is 2.52. The molecule has 0 aliphatic carbocycles. The van der Waals surface area contributed by atoms with Crippen molar-refractivity contribution < 1.29 is 4.79 Å². The third kappa shape index (κ3) is 2.98. The van der Waals surface area contributed by atoms with Gasteiger partial charge in [-0.05, 0) is 13.0 Å². The summed E-state index contributed by atoms with van der Waals surface area (Å²) in [6.07, 6.45) is 5.40. The summed E-state index contributed by atoms with van der Waals surface area (Å²) in [4.78, 5) is 10.2. The third-order valence-corrected chi connectivity index (χ3v) is 1.53. The number of hydrogen-bond acceptors (Lipinski definition) is 2. The van der Waals surface area contributed by atoms with Gasteiger partial charge in [0.1, 0.15) is 0 Å². The lowest BCUT2D eigenvalue weighted by Crippen LogP contribution is -2.24. The SMILES string of the molecule is CCn1ccc(C=NNC(N)=O)c1. The van der Waals surface area contributed by atoms with Crippen LogP contribution in [0.4, 0.5) is 4.79 Å². The van der Waals surface area contributed by atoms with E-state index in [2.05, 4.69) is 10.5 Å². The van der Waals surface area contributed by atoms with Gasteiger partial charge in [-0.2, -0.15) is 5.10 Å². The molecule has 0 saturated heterocycles. The van der Waals surface area contributed by atoms with Crippen molar-refractivity contribution >= 4 is 12.2 Å². The molecule has 13 heavy (non-hydrogen) atoms. The zero-order chi connectivity index (χ0) is 9.68. The monoisotopic (exact) mass is 180 g/mol. The topological polar surface area (TPSA) is 72.4 Å². The highest BCUT2D eigenvalue weighted by atomic mass is 16.2. The van der Waals surface area contributed by atoms with Crippen molar-refractivity contribution in [3.63, 3.8) is 0 Å². The highest BCUT2D eigenvalue weighted by Crippen LogP contribution is 1.96. The number of hydrogen-bond donors (Lipinski definition) is 2. The van der Waals surface area contributed by atoms with Crippen molar-refractivity contribution in [2.24, 2.45) is 10.8 Å². The zero-order valence-corrected chi connectivity index (χ0v) is 7.40. The largest absolute Gasteiger partial charge is 0.354 e. The summed E-state index contributed by atoms with van der Waals surface area (Å²) in [5, 5.41) is 3.63. The first kappa shape index (κ1) is 9.31. The second-order valence-corrected chi connectivity index (χ2v) is 2.51. The van der Waals surface area contributed by atoms with E-state index in [9.17, 15) is 4.79 Å². The van der Waals surface area contributed by atoms with Gasteiger partial charge in [0, 0.05) is 24.5 Å². The Morgan fingerprint density at radius 2 is 2.62 bits per heavy atom. The fourth-order valence-electron chi connectivity index (χ4n) is 0.903. The molecule has 1 rings (SSSR count). The van der Waals surface area contributed by atoms with Gasteiger partial charge in [-0.15, -0.1) is 0 Å². The lowest BCUT2D eigenvalue weighted by Gasteiger charge is -1.92. The van der Waals surface area contributed by atoms with Crippen molar-refractivity contribution in [1.82, 2.24) is 9.99 Å². The molecule has 0 fully saturated rings. The fraction of sp³-hybridized carbons (Fsp3) is 0.250. The summed E-state index contributed by atoms with van der Waals surface area (Å²) in [7, 11) is 0. The van der Waals surface area contributed by atoms with Crippen LogP contribution in [-0.2, 0) is 6.54 Å². The third-order valence-electron chi connectivity index (χ3n) is 1.53. The molecule has 0 radical (unpaired) electrons. The van der Waals surface area contributed by atoms with Crippen LogP contribution in [0, 0.1) is 0 Å². The summed E-state index contributed by atoms with van der Waals surface area (Å²) in [6, 6.07) is 1.24. The Hall–Kier alpha value is -1.78. The van der Waals surface area contributed by atoms with Crippen LogP contribution in [0.2, 0.25) is 0 Å². The van der Waals surface area contributed by atoms with Gasteiger partial charge in [0.25, 0.3) is 0 Å². The van der Waals surface area contributed by atoms with E-state index in [1.807, 2.05) is 30.0 Å². The second-order valence-electron chi connectivity index (χ2n) is 2.51. The van der Waals surface area contributed by atoms with Gasteiger partial charge in [0.15, 0.2) is 0 Å². The summed E-state index contributed by atoms with van der Waals surface area (Å²) in [5.41, 5.74) is 7.87. The summed E-state index contributed by atoms with van der Waals surface area (Å²) < 4.78 is 2.01. The maximum atomic E-state index is 10.2.